The molecule has 0 spiro atoms. The predicted molar refractivity (Wildman–Crippen MR) is 92.2 cm³/mol. The summed E-state index contributed by atoms with van der Waals surface area (Å²) in [4.78, 5) is 28.1. The second-order valence-corrected chi connectivity index (χ2v) is 6.93. The maximum atomic E-state index is 12.4. The van der Waals surface area contributed by atoms with Crippen molar-refractivity contribution in [2.45, 2.75) is 45.1 Å². The third-order valence-corrected chi connectivity index (χ3v) is 4.82. The lowest BCUT2D eigenvalue weighted by atomic mass is 9.98. The summed E-state index contributed by atoms with van der Waals surface area (Å²) in [5, 5.41) is 5.83. The number of hydrogen-bond donors (Lipinski definition) is 2. The van der Waals surface area contributed by atoms with Crippen LogP contribution >= 0.6 is 0 Å². The van der Waals surface area contributed by atoms with Crippen molar-refractivity contribution in [3.05, 3.63) is 47.2 Å². The molecule has 2 N–H and O–H groups in total. The van der Waals surface area contributed by atoms with E-state index in [2.05, 4.69) is 15.6 Å². The Kier molecular flexibility index (Phi) is 4.03. The minimum Gasteiger partial charge on any atom is -0.448 e. The summed E-state index contributed by atoms with van der Waals surface area (Å²) in [5.41, 5.74) is 3.30. The van der Waals surface area contributed by atoms with Crippen LogP contribution in [0.5, 0.6) is 0 Å². The lowest BCUT2D eigenvalue weighted by molar-refractivity contribution is -0.116. The summed E-state index contributed by atoms with van der Waals surface area (Å²) < 4.78 is 5.40. The number of carbonyl (C=O) groups is 2. The highest BCUT2D eigenvalue weighted by Crippen LogP contribution is 2.32. The smallest absolute Gasteiger partial charge is 0.273 e. The molecule has 0 bridgehead atoms. The Bertz CT molecular complexity index is 823. The van der Waals surface area contributed by atoms with Gasteiger partial charge in [-0.25, -0.2) is 4.98 Å². The number of amides is 2. The van der Waals surface area contributed by atoms with Crippen LogP contribution in [0, 0.1) is 5.92 Å². The molecular weight excluding hydrogens is 318 g/mol. The zero-order valence-electron chi connectivity index (χ0n) is 14.2. The van der Waals surface area contributed by atoms with Crippen molar-refractivity contribution in [1.82, 2.24) is 10.3 Å². The van der Waals surface area contributed by atoms with Crippen molar-refractivity contribution in [3.63, 3.8) is 0 Å². The fraction of sp³-hybridized carbons (Fsp3) is 0.421. The van der Waals surface area contributed by atoms with E-state index in [4.69, 9.17) is 4.42 Å². The van der Waals surface area contributed by atoms with Crippen LogP contribution in [-0.2, 0) is 17.6 Å². The van der Waals surface area contributed by atoms with Gasteiger partial charge in [0.05, 0.1) is 6.04 Å². The quantitative estimate of drug-likeness (QED) is 0.877. The highest BCUT2D eigenvalue weighted by molar-refractivity contribution is 5.94. The van der Waals surface area contributed by atoms with E-state index in [9.17, 15) is 9.59 Å². The largest absolute Gasteiger partial charge is 0.448 e. The van der Waals surface area contributed by atoms with Gasteiger partial charge in [0.2, 0.25) is 5.91 Å². The standard InChI is InChI=1S/C19H21N3O3/c1-11(13-4-6-15-14(9-13)5-7-17(23)21-15)20-19(24)16-10-25-18(22-16)8-12-2-3-12/h4,6,9-12H,2-3,5,7-8H2,1H3,(H,20,24)(H,21,23)/t11-/m0/s1. The van der Waals surface area contributed by atoms with Crippen molar-refractivity contribution in [2.75, 3.05) is 5.32 Å². The van der Waals surface area contributed by atoms with Crippen LogP contribution in [0.15, 0.2) is 28.9 Å². The first-order valence-corrected chi connectivity index (χ1v) is 8.76. The number of rotatable bonds is 5. The summed E-state index contributed by atoms with van der Waals surface area (Å²) in [6, 6.07) is 5.71. The summed E-state index contributed by atoms with van der Waals surface area (Å²) in [6.45, 7) is 1.94. The molecule has 1 atom stereocenters. The number of nitrogens with zero attached hydrogens (tertiary/aromatic N) is 1. The van der Waals surface area contributed by atoms with E-state index in [-0.39, 0.29) is 17.9 Å². The third kappa shape index (κ3) is 3.57. The third-order valence-electron chi connectivity index (χ3n) is 4.82. The van der Waals surface area contributed by atoms with E-state index < -0.39 is 0 Å². The highest BCUT2D eigenvalue weighted by atomic mass is 16.3. The molecule has 1 aliphatic heterocycles. The summed E-state index contributed by atoms with van der Waals surface area (Å²) in [5.74, 6) is 1.13. The second-order valence-electron chi connectivity index (χ2n) is 6.93. The van der Waals surface area contributed by atoms with Gasteiger partial charge in [-0.15, -0.1) is 0 Å². The van der Waals surface area contributed by atoms with Crippen molar-refractivity contribution in [1.29, 1.82) is 0 Å². The average Bonchev–Trinajstić information content (AvgIpc) is 3.28. The van der Waals surface area contributed by atoms with E-state index in [0.717, 1.165) is 29.7 Å². The van der Waals surface area contributed by atoms with Gasteiger partial charge in [-0.05, 0) is 49.3 Å². The molecule has 6 heteroatoms. The lowest BCUT2D eigenvalue weighted by Crippen LogP contribution is -2.27. The van der Waals surface area contributed by atoms with Crippen LogP contribution < -0.4 is 10.6 Å². The lowest BCUT2D eigenvalue weighted by Gasteiger charge is -2.20. The molecule has 4 rings (SSSR count). The number of anilines is 1. The molecule has 1 aliphatic carbocycles. The van der Waals surface area contributed by atoms with Gasteiger partial charge >= 0.3 is 0 Å². The first-order chi connectivity index (χ1) is 12.1. The van der Waals surface area contributed by atoms with Crippen LogP contribution in [0.1, 0.15) is 59.7 Å². The number of oxazole rings is 1. The van der Waals surface area contributed by atoms with E-state index in [1.54, 1.807) is 0 Å². The Balaban J connectivity index is 1.42. The fourth-order valence-corrected chi connectivity index (χ4v) is 3.10. The Morgan fingerprint density at radius 1 is 1.40 bits per heavy atom. The molecule has 2 amide bonds. The van der Waals surface area contributed by atoms with E-state index in [1.807, 2.05) is 25.1 Å². The number of nitrogens with one attached hydrogen (secondary N) is 2. The van der Waals surface area contributed by atoms with Crippen molar-refractivity contribution in [2.24, 2.45) is 5.92 Å². The number of aryl methyl sites for hydroxylation is 1. The SMILES string of the molecule is C[C@H](NC(=O)c1coc(CC2CC2)n1)c1ccc2c(c1)CCC(=O)N2. The second kappa shape index (κ2) is 6.35. The van der Waals surface area contributed by atoms with Gasteiger partial charge < -0.3 is 15.1 Å². The minimum absolute atomic E-state index is 0.0506. The molecule has 0 unspecified atom stereocenters. The normalized spacial score (nSPS) is 17.6. The van der Waals surface area contributed by atoms with Gasteiger partial charge in [-0.1, -0.05) is 12.1 Å². The predicted octanol–water partition coefficient (Wildman–Crippen LogP) is 3.00. The zero-order valence-corrected chi connectivity index (χ0v) is 14.2. The number of fused-ring (bicyclic) bond motifs is 1. The first kappa shape index (κ1) is 15.9. The van der Waals surface area contributed by atoms with Crippen molar-refractivity contribution in [3.8, 4) is 0 Å². The molecule has 0 radical (unpaired) electrons. The molecule has 0 saturated heterocycles. The summed E-state index contributed by atoms with van der Waals surface area (Å²) in [6.07, 6.45) is 5.92. The van der Waals surface area contributed by atoms with Crippen LogP contribution in [0.25, 0.3) is 0 Å². The van der Waals surface area contributed by atoms with Crippen LogP contribution in [0.4, 0.5) is 5.69 Å². The van der Waals surface area contributed by atoms with E-state index in [1.165, 1.54) is 19.1 Å². The molecule has 2 heterocycles. The van der Waals surface area contributed by atoms with Crippen LogP contribution in [-0.4, -0.2) is 16.8 Å². The molecule has 1 saturated carbocycles. The number of benzene rings is 1. The van der Waals surface area contributed by atoms with Crippen LogP contribution in [0.2, 0.25) is 0 Å². The Labute approximate surface area is 146 Å². The van der Waals surface area contributed by atoms with Gasteiger partial charge in [0.15, 0.2) is 11.6 Å². The summed E-state index contributed by atoms with van der Waals surface area (Å²) in [7, 11) is 0. The molecule has 25 heavy (non-hydrogen) atoms. The fourth-order valence-electron chi connectivity index (χ4n) is 3.10. The highest BCUT2D eigenvalue weighted by Gasteiger charge is 2.25. The van der Waals surface area contributed by atoms with Gasteiger partial charge in [0, 0.05) is 18.5 Å². The molecule has 1 fully saturated rings. The topological polar surface area (TPSA) is 84.2 Å². The molecule has 2 aliphatic rings. The Morgan fingerprint density at radius 2 is 2.24 bits per heavy atom. The minimum atomic E-state index is -0.232. The van der Waals surface area contributed by atoms with Gasteiger partial charge in [0.25, 0.3) is 5.91 Å². The monoisotopic (exact) mass is 339 g/mol. The van der Waals surface area contributed by atoms with Gasteiger partial charge in [-0.3, -0.25) is 9.59 Å². The van der Waals surface area contributed by atoms with E-state index >= 15 is 0 Å². The number of hydrogen-bond acceptors (Lipinski definition) is 4. The molecular formula is C19H21N3O3. The molecule has 1 aromatic carbocycles. The maximum Gasteiger partial charge on any atom is 0.273 e. The number of aromatic nitrogens is 1. The molecule has 6 nitrogen and oxygen atoms in total. The van der Waals surface area contributed by atoms with Gasteiger partial charge in [-0.2, -0.15) is 0 Å². The average molecular weight is 339 g/mol. The van der Waals surface area contributed by atoms with Crippen molar-refractivity contribution >= 4 is 17.5 Å². The first-order valence-electron chi connectivity index (χ1n) is 8.76. The Morgan fingerprint density at radius 3 is 3.04 bits per heavy atom. The molecule has 1 aromatic heterocycles. The van der Waals surface area contributed by atoms with Crippen molar-refractivity contribution < 1.29 is 14.0 Å². The molecule has 2 aromatic rings. The molecule has 130 valence electrons. The maximum absolute atomic E-state index is 12.4. The van der Waals surface area contributed by atoms with Gasteiger partial charge in [0.1, 0.15) is 6.26 Å². The van der Waals surface area contributed by atoms with Crippen LogP contribution in [0.3, 0.4) is 0 Å². The summed E-state index contributed by atoms with van der Waals surface area (Å²) >= 11 is 0. The Hall–Kier alpha value is -2.63. The number of carbonyl (C=O) groups excluding carboxylic acids is 2. The zero-order chi connectivity index (χ0) is 17.4. The van der Waals surface area contributed by atoms with E-state index in [0.29, 0.717) is 23.9 Å².